The topological polar surface area (TPSA) is 35.2 Å². The van der Waals surface area contributed by atoms with Gasteiger partial charge in [0.2, 0.25) is 0 Å². The molecule has 0 atom stereocenters. The van der Waals surface area contributed by atoms with Crippen molar-refractivity contribution in [3.63, 3.8) is 0 Å². The van der Waals surface area contributed by atoms with Crippen molar-refractivity contribution in [3.8, 4) is 5.75 Å². The fourth-order valence-electron chi connectivity index (χ4n) is 2.43. The van der Waals surface area contributed by atoms with Gasteiger partial charge in [0.25, 0.3) is 0 Å². The van der Waals surface area contributed by atoms with Gasteiger partial charge in [-0.05, 0) is 35.4 Å². The number of hydrogen-bond donors (Lipinski definition) is 1. The maximum absolute atomic E-state index is 5.73. The summed E-state index contributed by atoms with van der Waals surface area (Å²) in [5, 5.41) is 0. The highest BCUT2D eigenvalue weighted by Crippen LogP contribution is 2.41. The largest absolute Gasteiger partial charge is 0.496 e. The Bertz CT molecular complexity index is 388. The Hall–Kier alpha value is -0.730. The molecule has 1 aliphatic carbocycles. The molecule has 1 aromatic rings. The van der Waals surface area contributed by atoms with Crippen molar-refractivity contribution in [2.24, 2.45) is 5.73 Å². The summed E-state index contributed by atoms with van der Waals surface area (Å²) in [7, 11) is 1.71. The number of nitrogens with two attached hydrogens (primary N) is 1. The van der Waals surface area contributed by atoms with E-state index in [9.17, 15) is 0 Å². The zero-order valence-electron chi connectivity index (χ0n) is 10.2. The summed E-state index contributed by atoms with van der Waals surface area (Å²) in [6.45, 7) is 5.14. The van der Waals surface area contributed by atoms with Gasteiger partial charge in [-0.15, -0.1) is 12.4 Å². The molecule has 2 nitrogen and oxygen atoms in total. The van der Waals surface area contributed by atoms with E-state index >= 15 is 0 Å². The molecule has 2 N–H and O–H groups in total. The third-order valence-corrected chi connectivity index (χ3v) is 3.47. The van der Waals surface area contributed by atoms with E-state index in [1.807, 2.05) is 0 Å². The SMILES string of the molecule is COc1cc2c(cc1CN)C(C)(C)CC2.Cl. The molecular weight excluding hydrogens is 222 g/mol. The fraction of sp³-hybridized carbons (Fsp3) is 0.538. The van der Waals surface area contributed by atoms with Crippen molar-refractivity contribution in [1.29, 1.82) is 0 Å². The maximum atomic E-state index is 5.73. The van der Waals surface area contributed by atoms with Gasteiger partial charge < -0.3 is 10.5 Å². The van der Waals surface area contributed by atoms with Crippen LogP contribution in [0, 0.1) is 0 Å². The summed E-state index contributed by atoms with van der Waals surface area (Å²) in [5.41, 5.74) is 10.0. The third-order valence-electron chi connectivity index (χ3n) is 3.47. The minimum Gasteiger partial charge on any atom is -0.496 e. The molecule has 0 radical (unpaired) electrons. The molecule has 0 amide bonds. The summed E-state index contributed by atoms with van der Waals surface area (Å²) in [5.74, 6) is 0.939. The van der Waals surface area contributed by atoms with Crippen LogP contribution in [-0.2, 0) is 18.4 Å². The second-order valence-electron chi connectivity index (χ2n) is 4.91. The molecule has 90 valence electrons. The Balaban J connectivity index is 0.00000128. The number of fused-ring (bicyclic) bond motifs is 1. The van der Waals surface area contributed by atoms with E-state index in [0.717, 1.165) is 17.7 Å². The van der Waals surface area contributed by atoms with Gasteiger partial charge in [-0.3, -0.25) is 0 Å². The van der Waals surface area contributed by atoms with E-state index < -0.39 is 0 Å². The second-order valence-corrected chi connectivity index (χ2v) is 4.91. The molecule has 0 aliphatic heterocycles. The summed E-state index contributed by atoms with van der Waals surface area (Å²) < 4.78 is 5.35. The smallest absolute Gasteiger partial charge is 0.123 e. The predicted octanol–water partition coefficient (Wildman–Crippen LogP) is 2.80. The number of ether oxygens (including phenoxy) is 1. The molecule has 0 heterocycles. The highest BCUT2D eigenvalue weighted by atomic mass is 35.5. The van der Waals surface area contributed by atoms with Crippen LogP contribution in [0.3, 0.4) is 0 Å². The van der Waals surface area contributed by atoms with E-state index in [1.165, 1.54) is 17.5 Å². The molecule has 0 spiro atoms. The predicted molar refractivity (Wildman–Crippen MR) is 69.5 cm³/mol. The van der Waals surface area contributed by atoms with Gasteiger partial charge >= 0.3 is 0 Å². The lowest BCUT2D eigenvalue weighted by Gasteiger charge is -2.20. The molecule has 0 bridgehead atoms. The van der Waals surface area contributed by atoms with Crippen molar-refractivity contribution < 1.29 is 4.74 Å². The highest BCUT2D eigenvalue weighted by molar-refractivity contribution is 5.85. The van der Waals surface area contributed by atoms with Crippen LogP contribution in [0.15, 0.2) is 12.1 Å². The van der Waals surface area contributed by atoms with Crippen LogP contribution in [0.25, 0.3) is 0 Å². The van der Waals surface area contributed by atoms with Crippen molar-refractivity contribution in [3.05, 3.63) is 28.8 Å². The molecule has 1 aliphatic rings. The molecule has 3 heteroatoms. The first kappa shape index (κ1) is 13.3. The fourth-order valence-corrected chi connectivity index (χ4v) is 2.43. The molecule has 0 aromatic heterocycles. The summed E-state index contributed by atoms with van der Waals surface area (Å²) in [4.78, 5) is 0. The van der Waals surface area contributed by atoms with Crippen molar-refractivity contribution in [2.75, 3.05) is 7.11 Å². The van der Waals surface area contributed by atoms with Crippen LogP contribution in [0.4, 0.5) is 0 Å². The molecule has 0 saturated heterocycles. The number of benzene rings is 1. The van der Waals surface area contributed by atoms with Gasteiger partial charge in [0.1, 0.15) is 5.75 Å². The molecule has 2 rings (SSSR count). The number of halogens is 1. The first-order chi connectivity index (χ1) is 7.08. The van der Waals surface area contributed by atoms with Crippen molar-refractivity contribution >= 4 is 12.4 Å². The van der Waals surface area contributed by atoms with Crippen LogP contribution in [-0.4, -0.2) is 7.11 Å². The standard InChI is InChI=1S/C13H19NO.ClH/c1-13(2)5-4-9-7-12(15-3)10(8-14)6-11(9)13;/h6-7H,4-5,8,14H2,1-3H3;1H. The van der Waals surface area contributed by atoms with E-state index in [0.29, 0.717) is 12.0 Å². The van der Waals surface area contributed by atoms with E-state index in [2.05, 4.69) is 26.0 Å². The van der Waals surface area contributed by atoms with Crippen LogP contribution in [0.1, 0.15) is 37.0 Å². The Morgan fingerprint density at radius 1 is 1.38 bits per heavy atom. The number of hydrogen-bond acceptors (Lipinski definition) is 2. The summed E-state index contributed by atoms with van der Waals surface area (Å²) in [6, 6.07) is 4.38. The van der Waals surface area contributed by atoms with Gasteiger partial charge in [0.15, 0.2) is 0 Å². The third kappa shape index (κ3) is 2.04. The normalized spacial score (nSPS) is 16.5. The summed E-state index contributed by atoms with van der Waals surface area (Å²) in [6.07, 6.45) is 2.38. The molecular formula is C13H20ClNO. The van der Waals surface area contributed by atoms with Crippen molar-refractivity contribution in [1.82, 2.24) is 0 Å². The first-order valence-electron chi connectivity index (χ1n) is 5.49. The number of rotatable bonds is 2. The van der Waals surface area contributed by atoms with Gasteiger partial charge in [0.05, 0.1) is 7.11 Å². The Kier molecular flexibility index (Phi) is 3.87. The highest BCUT2D eigenvalue weighted by Gasteiger charge is 2.30. The summed E-state index contributed by atoms with van der Waals surface area (Å²) >= 11 is 0. The second kappa shape index (κ2) is 4.64. The van der Waals surface area contributed by atoms with Crippen LogP contribution >= 0.6 is 12.4 Å². The van der Waals surface area contributed by atoms with Crippen LogP contribution in [0.5, 0.6) is 5.75 Å². The molecule has 1 aromatic carbocycles. The zero-order valence-corrected chi connectivity index (χ0v) is 11.0. The van der Waals surface area contributed by atoms with Crippen molar-refractivity contribution in [2.45, 2.75) is 38.6 Å². The average molecular weight is 242 g/mol. The quantitative estimate of drug-likeness (QED) is 0.864. The molecule has 0 fully saturated rings. The monoisotopic (exact) mass is 241 g/mol. The first-order valence-corrected chi connectivity index (χ1v) is 5.49. The number of methoxy groups -OCH3 is 1. The number of aryl methyl sites for hydroxylation is 1. The Morgan fingerprint density at radius 2 is 2.06 bits per heavy atom. The zero-order chi connectivity index (χ0) is 11.1. The lowest BCUT2D eigenvalue weighted by Crippen LogP contribution is -2.13. The van der Waals surface area contributed by atoms with Gasteiger partial charge in [-0.25, -0.2) is 0 Å². The van der Waals surface area contributed by atoms with Crippen LogP contribution in [0.2, 0.25) is 0 Å². The van der Waals surface area contributed by atoms with Gasteiger partial charge in [0, 0.05) is 12.1 Å². The Labute approximate surface area is 104 Å². The van der Waals surface area contributed by atoms with Gasteiger partial charge in [-0.1, -0.05) is 19.9 Å². The molecule has 16 heavy (non-hydrogen) atoms. The van der Waals surface area contributed by atoms with E-state index in [-0.39, 0.29) is 12.4 Å². The maximum Gasteiger partial charge on any atom is 0.123 e. The average Bonchev–Trinajstić information content (AvgIpc) is 2.52. The Morgan fingerprint density at radius 3 is 2.62 bits per heavy atom. The van der Waals surface area contributed by atoms with Gasteiger partial charge in [-0.2, -0.15) is 0 Å². The molecule has 0 unspecified atom stereocenters. The molecule has 0 saturated carbocycles. The lowest BCUT2D eigenvalue weighted by molar-refractivity contribution is 0.409. The van der Waals surface area contributed by atoms with E-state index in [1.54, 1.807) is 7.11 Å². The minimum absolute atomic E-state index is 0. The minimum atomic E-state index is 0. The van der Waals surface area contributed by atoms with E-state index in [4.69, 9.17) is 10.5 Å². The lowest BCUT2D eigenvalue weighted by atomic mass is 9.86. The van der Waals surface area contributed by atoms with Crippen LogP contribution < -0.4 is 10.5 Å².